The lowest BCUT2D eigenvalue weighted by Crippen LogP contribution is -2.50. The van der Waals surface area contributed by atoms with Crippen LogP contribution in [0.4, 0.5) is 5.82 Å². The fourth-order valence-corrected chi connectivity index (χ4v) is 4.62. The van der Waals surface area contributed by atoms with E-state index in [9.17, 15) is 9.59 Å². The van der Waals surface area contributed by atoms with Gasteiger partial charge in [-0.15, -0.1) is 0 Å². The highest BCUT2D eigenvalue weighted by atomic mass is 35.5. The van der Waals surface area contributed by atoms with E-state index in [4.69, 9.17) is 26.8 Å². The van der Waals surface area contributed by atoms with E-state index in [1.165, 1.54) is 0 Å². The van der Waals surface area contributed by atoms with Gasteiger partial charge in [0, 0.05) is 43.2 Å². The van der Waals surface area contributed by atoms with E-state index in [-0.39, 0.29) is 28.7 Å². The summed E-state index contributed by atoms with van der Waals surface area (Å²) in [4.78, 5) is 36.7. The highest BCUT2D eigenvalue weighted by molar-refractivity contribution is 6.61. The van der Waals surface area contributed by atoms with E-state index in [1.54, 1.807) is 6.20 Å². The number of aryl methyl sites for hydroxylation is 1. The number of hydrogen-bond donors (Lipinski definition) is 2. The number of piperidine rings is 1. The number of hydrogen-bond acceptors (Lipinski definition) is 7. The molecule has 0 bridgehead atoms. The summed E-state index contributed by atoms with van der Waals surface area (Å²) in [5, 5.41) is 2.84. The van der Waals surface area contributed by atoms with Crippen LogP contribution in [0, 0.1) is 24.2 Å². The lowest BCUT2D eigenvalue weighted by Gasteiger charge is -2.40. The van der Waals surface area contributed by atoms with Crippen molar-refractivity contribution in [3.05, 3.63) is 70.5 Å². The molecule has 0 saturated carbocycles. The SMILES string of the molecule is Cc1cc(C#Cc2ccccc2)cnc1NC(=O)C(=NCC1(C)CCN(C(=O)C2COCCO2)CC1)/C(Cl)=C\N. The number of benzene rings is 1. The summed E-state index contributed by atoms with van der Waals surface area (Å²) >= 11 is 6.30. The Balaban J connectivity index is 1.39. The summed E-state index contributed by atoms with van der Waals surface area (Å²) < 4.78 is 10.9. The third-order valence-corrected chi connectivity index (χ3v) is 7.32. The van der Waals surface area contributed by atoms with Crippen LogP contribution in [0.15, 0.2) is 58.8 Å². The van der Waals surface area contributed by atoms with Gasteiger partial charge in [0.1, 0.15) is 11.5 Å². The second-order valence-electron chi connectivity index (χ2n) is 10.2. The first-order valence-electron chi connectivity index (χ1n) is 13.2. The van der Waals surface area contributed by atoms with Crippen molar-refractivity contribution in [3.63, 3.8) is 0 Å². The first kappa shape index (κ1) is 29.3. The number of anilines is 1. The summed E-state index contributed by atoms with van der Waals surface area (Å²) in [5.74, 6) is 6.03. The van der Waals surface area contributed by atoms with Gasteiger partial charge in [-0.25, -0.2) is 4.98 Å². The largest absolute Gasteiger partial charge is 0.403 e. The lowest BCUT2D eigenvalue weighted by atomic mass is 9.80. The van der Waals surface area contributed by atoms with Crippen molar-refractivity contribution in [1.29, 1.82) is 0 Å². The number of aliphatic imine (C=N–C) groups is 1. The zero-order valence-electron chi connectivity index (χ0n) is 22.8. The smallest absolute Gasteiger partial charge is 0.276 e. The average Bonchev–Trinajstić information content (AvgIpc) is 2.98. The number of halogens is 1. The average molecular weight is 564 g/mol. The molecule has 3 heterocycles. The number of likely N-dealkylation sites (tertiary alicyclic amines) is 1. The Morgan fingerprint density at radius 3 is 2.60 bits per heavy atom. The van der Waals surface area contributed by atoms with Gasteiger partial charge >= 0.3 is 0 Å². The Morgan fingerprint density at radius 2 is 1.95 bits per heavy atom. The minimum Gasteiger partial charge on any atom is -0.403 e. The maximum atomic E-state index is 13.2. The molecule has 2 fully saturated rings. The minimum atomic E-state index is -0.540. The van der Waals surface area contributed by atoms with Crippen LogP contribution < -0.4 is 11.1 Å². The predicted octanol–water partition coefficient (Wildman–Crippen LogP) is 3.25. The van der Waals surface area contributed by atoms with Crippen LogP contribution in [0.25, 0.3) is 0 Å². The third kappa shape index (κ3) is 7.69. The first-order valence-corrected chi connectivity index (χ1v) is 13.6. The zero-order chi connectivity index (χ0) is 28.5. The Hall–Kier alpha value is -3.71. The van der Waals surface area contributed by atoms with Gasteiger partial charge in [0.15, 0.2) is 6.10 Å². The van der Waals surface area contributed by atoms with Crippen LogP contribution in [0.5, 0.6) is 0 Å². The molecule has 1 aromatic carbocycles. The molecule has 1 atom stereocenters. The number of nitrogens with two attached hydrogens (primary N) is 1. The number of carbonyl (C=O) groups is 2. The molecule has 2 aliphatic heterocycles. The molecule has 10 heteroatoms. The molecule has 0 spiro atoms. The molecular formula is C30H34ClN5O4. The standard InChI is InChI=1S/C30H34ClN5O4/c1-21-16-23(9-8-22-6-4-3-5-7-22)18-33-27(21)35-28(37)26(24(31)17-32)34-20-30(2)10-12-36(13-11-30)29(38)25-19-39-14-15-40-25/h3-7,16-18,25H,10-15,19-20,32H2,1-2H3,(H,33,35,37)/b24-17+,34-26?. The van der Waals surface area contributed by atoms with Crippen molar-refractivity contribution in [2.24, 2.45) is 16.1 Å². The number of carbonyl (C=O) groups excluding carboxylic acids is 2. The van der Waals surface area contributed by atoms with Gasteiger partial charge < -0.3 is 25.4 Å². The molecule has 210 valence electrons. The fourth-order valence-electron chi connectivity index (χ4n) is 4.47. The number of nitrogens with zero attached hydrogens (tertiary/aromatic N) is 3. The summed E-state index contributed by atoms with van der Waals surface area (Å²) in [6.45, 7) is 6.68. The number of amides is 2. The van der Waals surface area contributed by atoms with Crippen molar-refractivity contribution in [2.75, 3.05) is 44.8 Å². The van der Waals surface area contributed by atoms with Gasteiger partial charge in [0.2, 0.25) is 0 Å². The fraction of sp³-hybridized carbons (Fsp3) is 0.400. The molecule has 3 N–H and O–H groups in total. The highest BCUT2D eigenvalue weighted by Gasteiger charge is 2.35. The normalized spacial score (nSPS) is 19.4. The molecule has 2 aromatic rings. The van der Waals surface area contributed by atoms with E-state index in [1.807, 2.05) is 48.2 Å². The number of nitrogens with one attached hydrogen (secondary N) is 1. The van der Waals surface area contributed by atoms with Crippen LogP contribution in [0.1, 0.15) is 36.5 Å². The first-order chi connectivity index (χ1) is 19.3. The van der Waals surface area contributed by atoms with E-state index in [2.05, 4.69) is 34.1 Å². The van der Waals surface area contributed by atoms with Gasteiger partial charge in [-0.3, -0.25) is 14.6 Å². The van der Waals surface area contributed by atoms with Crippen LogP contribution in [0.3, 0.4) is 0 Å². The van der Waals surface area contributed by atoms with E-state index in [0.29, 0.717) is 38.7 Å². The second kappa shape index (κ2) is 13.6. The molecule has 40 heavy (non-hydrogen) atoms. The van der Waals surface area contributed by atoms with Crippen molar-refractivity contribution >= 4 is 34.9 Å². The Bertz CT molecular complexity index is 1330. The molecule has 4 rings (SSSR count). The summed E-state index contributed by atoms with van der Waals surface area (Å²) in [6, 6.07) is 11.5. The molecule has 1 unspecified atom stereocenters. The number of pyridine rings is 1. The van der Waals surface area contributed by atoms with Gasteiger partial charge in [0.05, 0.1) is 24.9 Å². The molecule has 9 nitrogen and oxygen atoms in total. The summed E-state index contributed by atoms with van der Waals surface area (Å²) in [6.07, 6.45) is 3.66. The van der Waals surface area contributed by atoms with Crippen molar-refractivity contribution in [1.82, 2.24) is 9.88 Å². The van der Waals surface area contributed by atoms with Gasteiger partial charge in [0.25, 0.3) is 11.8 Å². The highest BCUT2D eigenvalue weighted by Crippen LogP contribution is 2.32. The van der Waals surface area contributed by atoms with Crippen LogP contribution >= 0.6 is 11.6 Å². The Labute approximate surface area is 239 Å². The molecule has 2 saturated heterocycles. The van der Waals surface area contributed by atoms with Crippen LogP contribution in [0.2, 0.25) is 0 Å². The monoisotopic (exact) mass is 563 g/mol. The molecule has 0 aliphatic carbocycles. The lowest BCUT2D eigenvalue weighted by molar-refractivity contribution is -0.159. The molecule has 0 radical (unpaired) electrons. The van der Waals surface area contributed by atoms with Gasteiger partial charge in [-0.2, -0.15) is 0 Å². The topological polar surface area (TPSA) is 119 Å². The Morgan fingerprint density at radius 1 is 1.23 bits per heavy atom. The van der Waals surface area contributed by atoms with Crippen molar-refractivity contribution in [2.45, 2.75) is 32.8 Å². The molecular weight excluding hydrogens is 530 g/mol. The number of ether oxygens (including phenoxy) is 2. The van der Waals surface area contributed by atoms with Crippen molar-refractivity contribution < 1.29 is 19.1 Å². The van der Waals surface area contributed by atoms with Gasteiger partial charge in [-0.1, -0.05) is 48.6 Å². The van der Waals surface area contributed by atoms with Crippen LogP contribution in [-0.2, 0) is 19.1 Å². The summed E-state index contributed by atoms with van der Waals surface area (Å²) in [5.41, 5.74) is 7.84. The Kier molecular flexibility index (Phi) is 9.93. The maximum Gasteiger partial charge on any atom is 0.276 e. The number of rotatable bonds is 6. The quantitative estimate of drug-likeness (QED) is 0.411. The predicted molar refractivity (Wildman–Crippen MR) is 155 cm³/mol. The van der Waals surface area contributed by atoms with E-state index < -0.39 is 12.0 Å². The zero-order valence-corrected chi connectivity index (χ0v) is 23.5. The van der Waals surface area contributed by atoms with Gasteiger partial charge in [-0.05, 0) is 48.9 Å². The minimum absolute atomic E-state index is 0.0331. The van der Waals surface area contributed by atoms with E-state index >= 15 is 0 Å². The second-order valence-corrected chi connectivity index (χ2v) is 10.6. The van der Waals surface area contributed by atoms with Crippen molar-refractivity contribution in [3.8, 4) is 11.8 Å². The molecule has 1 aromatic heterocycles. The number of aromatic nitrogens is 1. The third-order valence-electron chi connectivity index (χ3n) is 7.02. The molecule has 2 amide bonds. The summed E-state index contributed by atoms with van der Waals surface area (Å²) in [7, 11) is 0. The molecule has 2 aliphatic rings. The van der Waals surface area contributed by atoms with E-state index in [0.717, 1.165) is 35.7 Å². The van der Waals surface area contributed by atoms with Crippen LogP contribution in [-0.4, -0.2) is 73.0 Å². The maximum absolute atomic E-state index is 13.2.